The maximum Gasteiger partial charge on any atom is 0.333 e. The Morgan fingerprint density at radius 2 is 0.911 bits per heavy atom. The number of carboxylic acids is 1. The topological polar surface area (TPSA) is 348 Å². The van der Waals surface area contributed by atoms with Crippen LogP contribution in [-0.4, -0.2) is 209 Å². The summed E-state index contributed by atoms with van der Waals surface area (Å²) in [6.07, 6.45) is -11.7. The summed E-state index contributed by atoms with van der Waals surface area (Å²) in [7, 11) is 5.54. The highest BCUT2D eigenvalue weighted by atomic mass is 16.7. The van der Waals surface area contributed by atoms with E-state index < -0.39 is 110 Å². The zero-order valence-electron chi connectivity index (χ0n) is 33.3. The number of aliphatic hydroxyl groups is 9. The smallest absolute Gasteiger partial charge is 0.333 e. The number of carbonyl (C=O) groups is 2. The summed E-state index contributed by atoms with van der Waals surface area (Å²) in [5, 5.41) is 95.8. The Hall–Kier alpha value is -1.78. The minimum atomic E-state index is -1.22. The quantitative estimate of drug-likeness (QED) is 0.104. The number of nitrogens with two attached hydrogens (primary N) is 1. The van der Waals surface area contributed by atoms with Crippen LogP contribution in [0.2, 0.25) is 0 Å². The molecule has 0 spiro atoms. The lowest BCUT2D eigenvalue weighted by molar-refractivity contribution is -0.280. The predicted molar refractivity (Wildman–Crippen MR) is 190 cm³/mol. The first-order valence-corrected chi connectivity index (χ1v) is 18.1. The Balaban J connectivity index is 0.000000375. The van der Waals surface area contributed by atoms with Crippen molar-refractivity contribution >= 4 is 11.9 Å². The van der Waals surface area contributed by atoms with Gasteiger partial charge in [-0.15, -0.1) is 0 Å². The summed E-state index contributed by atoms with van der Waals surface area (Å²) in [4.78, 5) is 21.7. The van der Waals surface area contributed by atoms with E-state index in [4.69, 9.17) is 64.1 Å². The molecule has 13 N–H and O–H groups in total. The van der Waals surface area contributed by atoms with Crippen molar-refractivity contribution < 1.29 is 98.5 Å². The van der Waals surface area contributed by atoms with Gasteiger partial charge in [0.25, 0.3) is 0 Å². The summed E-state index contributed by atoms with van der Waals surface area (Å²) in [6, 6.07) is -1.16. The minimum absolute atomic E-state index is 0.134. The predicted octanol–water partition coefficient (Wildman–Crippen LogP) is -4.97. The molecule has 0 bridgehead atoms. The van der Waals surface area contributed by atoms with E-state index in [9.17, 15) is 40.2 Å². The van der Waals surface area contributed by atoms with Gasteiger partial charge < -0.3 is 100 Å². The normalized spacial score (nSPS) is 43.7. The van der Waals surface area contributed by atoms with Gasteiger partial charge >= 0.3 is 5.97 Å². The number of aliphatic carboxylic acids is 1. The lowest BCUT2D eigenvalue weighted by atomic mass is 9.89. The van der Waals surface area contributed by atoms with Gasteiger partial charge in [-0.3, -0.25) is 4.79 Å². The van der Waals surface area contributed by atoms with E-state index >= 15 is 0 Å². The SMILES string of the molecule is CO[C@@H]1OC(C(=O)O)[C@H](C)[C@@H](O)C1O.CO[C@@H]1OC(CO)[C@H](C)[C@@H](O)C1N.CO[C@@H]1OC(CO)[C@H](C)[C@@H](O)C1NC(C)=O.CO[C@@H]1OC(CO)[C@H](C)[C@@H](O)C1O. The molecule has 0 aromatic rings. The fourth-order valence-electron chi connectivity index (χ4n) is 6.38. The molecular formula is C34H66N2O20. The first kappa shape index (κ1) is 52.2. The van der Waals surface area contributed by atoms with Gasteiger partial charge in [-0.05, 0) is 0 Å². The average molecular weight is 823 g/mol. The molecule has 20 atom stereocenters. The van der Waals surface area contributed by atoms with Crippen molar-refractivity contribution in [3.8, 4) is 0 Å². The number of ether oxygens (including phenoxy) is 8. The number of carboxylic acid groups (broad SMARTS) is 1. The maximum atomic E-state index is 11.0. The highest BCUT2D eigenvalue weighted by Gasteiger charge is 2.46. The van der Waals surface area contributed by atoms with Crippen molar-refractivity contribution in [2.45, 2.75) is 133 Å². The van der Waals surface area contributed by atoms with Crippen molar-refractivity contribution in [2.24, 2.45) is 29.4 Å². The van der Waals surface area contributed by atoms with E-state index in [-0.39, 0.29) is 43.5 Å². The van der Waals surface area contributed by atoms with Crippen LogP contribution >= 0.6 is 0 Å². The standard InChI is InChI=1S/C10H19NO5.C8H17NO4.C8H14O6.C8H16O5/c1-5-7(4-12)16-10(15-3)8(9(5)14)11-6(2)13;1-4-5(3-10)13-8(12-2)6(9)7(4)11;1-3-4(9)5(10)8(13-2)14-6(3)7(11)12;1-4-5(3-9)13-8(12-2)7(11)6(4)10/h5,7-10,12,14H,4H2,1-3H3,(H,11,13);4-8,10-11H,3,9H2,1-2H3;3-6,8-10H,1-2H3,(H,11,12);4-11H,3H2,1-2H3/t5-,7?,8?,9+,10+;4-,5?,6?,7+,8+;3-,4-,5?,6?,8-;4-,5?,6+,7?,8+/m0010/s1. The summed E-state index contributed by atoms with van der Waals surface area (Å²) in [5.74, 6) is -2.85. The molecule has 56 heavy (non-hydrogen) atoms. The van der Waals surface area contributed by atoms with E-state index in [0.29, 0.717) is 0 Å². The Morgan fingerprint density at radius 3 is 1.30 bits per heavy atom. The van der Waals surface area contributed by atoms with Gasteiger partial charge in [-0.25, -0.2) is 4.79 Å². The molecule has 4 fully saturated rings. The molecule has 22 heteroatoms. The Kier molecular flexibility index (Phi) is 23.3. The number of methoxy groups -OCH3 is 4. The fraction of sp³-hybridized carbons (Fsp3) is 0.941. The number of aliphatic hydroxyl groups excluding tert-OH is 9. The third-order valence-corrected chi connectivity index (χ3v) is 10.3. The van der Waals surface area contributed by atoms with Crippen molar-refractivity contribution in [3.63, 3.8) is 0 Å². The van der Waals surface area contributed by atoms with Crippen LogP contribution in [0.15, 0.2) is 0 Å². The first-order chi connectivity index (χ1) is 26.2. The van der Waals surface area contributed by atoms with E-state index in [1.54, 1.807) is 20.8 Å². The lowest BCUT2D eigenvalue weighted by Crippen LogP contribution is -2.61. The molecule has 4 heterocycles. The van der Waals surface area contributed by atoms with Crippen molar-refractivity contribution in [1.29, 1.82) is 0 Å². The summed E-state index contributed by atoms with van der Waals surface area (Å²) >= 11 is 0. The van der Waals surface area contributed by atoms with Gasteiger partial charge in [0, 0.05) is 59.0 Å². The molecule has 4 aliphatic heterocycles. The number of nitrogens with one attached hydrogen (secondary N) is 1. The number of hydrogen-bond acceptors (Lipinski definition) is 20. The van der Waals surface area contributed by atoms with Crippen molar-refractivity contribution in [2.75, 3.05) is 48.3 Å². The number of carbonyl (C=O) groups excluding carboxylic acids is 1. The summed E-state index contributed by atoms with van der Waals surface area (Å²) in [5.41, 5.74) is 5.66. The van der Waals surface area contributed by atoms with Crippen molar-refractivity contribution in [1.82, 2.24) is 5.32 Å². The Morgan fingerprint density at radius 1 is 0.554 bits per heavy atom. The maximum absolute atomic E-state index is 11.0. The summed E-state index contributed by atoms with van der Waals surface area (Å²) in [6.45, 7) is 7.60. The lowest BCUT2D eigenvalue weighted by Gasteiger charge is -2.42. The van der Waals surface area contributed by atoms with E-state index in [1.165, 1.54) is 42.3 Å². The third-order valence-electron chi connectivity index (χ3n) is 10.3. The van der Waals surface area contributed by atoms with E-state index in [2.05, 4.69) is 5.32 Å². The largest absolute Gasteiger partial charge is 0.479 e. The van der Waals surface area contributed by atoms with Crippen LogP contribution in [0.4, 0.5) is 0 Å². The Bertz CT molecular complexity index is 1050. The molecule has 8 unspecified atom stereocenters. The molecule has 0 aromatic carbocycles. The number of amides is 1. The van der Waals surface area contributed by atoms with Crippen LogP contribution in [0, 0.1) is 23.7 Å². The molecule has 0 aliphatic carbocycles. The van der Waals surface area contributed by atoms with Gasteiger partial charge in [-0.2, -0.15) is 0 Å². The van der Waals surface area contributed by atoms with E-state index in [0.717, 1.165) is 0 Å². The van der Waals surface area contributed by atoms with E-state index in [1.807, 2.05) is 0 Å². The molecule has 22 nitrogen and oxygen atoms in total. The molecular weight excluding hydrogens is 756 g/mol. The Labute approximate surface area is 326 Å². The zero-order valence-corrected chi connectivity index (χ0v) is 33.3. The molecule has 0 aromatic heterocycles. The van der Waals surface area contributed by atoms with Gasteiger partial charge in [0.1, 0.15) is 18.2 Å². The van der Waals surface area contributed by atoms with Crippen LogP contribution < -0.4 is 11.1 Å². The second-order valence-corrected chi connectivity index (χ2v) is 14.1. The van der Waals surface area contributed by atoms with Gasteiger partial charge in [0.05, 0.1) is 68.6 Å². The van der Waals surface area contributed by atoms with Gasteiger partial charge in [0.2, 0.25) is 5.91 Å². The molecule has 0 saturated carbocycles. The average Bonchev–Trinajstić information content (AvgIpc) is 3.18. The zero-order chi connectivity index (χ0) is 43.2. The van der Waals surface area contributed by atoms with Crippen LogP contribution in [-0.2, 0) is 47.5 Å². The molecule has 0 radical (unpaired) electrons. The highest BCUT2D eigenvalue weighted by molar-refractivity contribution is 5.73. The molecule has 4 saturated heterocycles. The van der Waals surface area contributed by atoms with Crippen LogP contribution in [0.5, 0.6) is 0 Å². The van der Waals surface area contributed by atoms with Crippen LogP contribution in [0.3, 0.4) is 0 Å². The van der Waals surface area contributed by atoms with Crippen LogP contribution in [0.1, 0.15) is 34.6 Å². The van der Waals surface area contributed by atoms with Crippen LogP contribution in [0.25, 0.3) is 0 Å². The van der Waals surface area contributed by atoms with Crippen molar-refractivity contribution in [3.05, 3.63) is 0 Å². The highest BCUT2D eigenvalue weighted by Crippen LogP contribution is 2.29. The molecule has 4 rings (SSSR count). The second kappa shape index (κ2) is 25.0. The second-order valence-electron chi connectivity index (χ2n) is 14.1. The summed E-state index contributed by atoms with van der Waals surface area (Å²) < 4.78 is 40.4. The molecule has 1 amide bonds. The first-order valence-electron chi connectivity index (χ1n) is 18.1. The number of rotatable bonds is 9. The molecule has 4 aliphatic rings. The third kappa shape index (κ3) is 13.6. The van der Waals surface area contributed by atoms with Gasteiger partial charge in [-0.1, -0.05) is 27.7 Å². The minimum Gasteiger partial charge on any atom is -0.479 e. The monoisotopic (exact) mass is 822 g/mol. The fourth-order valence-corrected chi connectivity index (χ4v) is 6.38. The van der Waals surface area contributed by atoms with Gasteiger partial charge in [0.15, 0.2) is 31.3 Å². The molecule has 332 valence electrons. The number of hydrogen-bond donors (Lipinski definition) is 12.